The first kappa shape index (κ1) is 15.7. The summed E-state index contributed by atoms with van der Waals surface area (Å²) in [4.78, 5) is 35.1. The number of hydrogen-bond donors (Lipinski definition) is 2. The van der Waals surface area contributed by atoms with Gasteiger partial charge in [0.05, 0.1) is 13.0 Å². The Bertz CT molecular complexity index is 514. The van der Waals surface area contributed by atoms with Crippen LogP contribution in [0.15, 0.2) is 24.3 Å². The van der Waals surface area contributed by atoms with Crippen molar-refractivity contribution in [3.05, 3.63) is 29.8 Å². The van der Waals surface area contributed by atoms with Crippen LogP contribution in [-0.4, -0.2) is 36.0 Å². The van der Waals surface area contributed by atoms with E-state index < -0.39 is 5.97 Å². The molecule has 0 aliphatic rings. The van der Waals surface area contributed by atoms with Gasteiger partial charge in [0.2, 0.25) is 11.8 Å². The molecule has 1 aromatic carbocycles. The highest BCUT2D eigenvalue weighted by Crippen LogP contribution is 2.19. The summed E-state index contributed by atoms with van der Waals surface area (Å²) < 4.78 is 0. The molecular formula is C14H18N2O4. The highest BCUT2D eigenvalue weighted by Gasteiger charge is 2.18. The summed E-state index contributed by atoms with van der Waals surface area (Å²) in [5.74, 6) is -1.62. The summed E-state index contributed by atoms with van der Waals surface area (Å²) >= 11 is 0. The van der Waals surface area contributed by atoms with Crippen LogP contribution in [0.1, 0.15) is 18.9 Å². The summed E-state index contributed by atoms with van der Waals surface area (Å²) in [7, 11) is 0. The number of aliphatic carboxylic acids is 1. The molecule has 0 aromatic heterocycles. The fraction of sp³-hybridized carbons (Fsp3) is 0.357. The van der Waals surface area contributed by atoms with Crippen molar-refractivity contribution in [1.29, 1.82) is 0 Å². The van der Waals surface area contributed by atoms with Crippen LogP contribution in [0.5, 0.6) is 0 Å². The quantitative estimate of drug-likeness (QED) is 0.810. The van der Waals surface area contributed by atoms with E-state index in [0.29, 0.717) is 5.69 Å². The fourth-order valence-electron chi connectivity index (χ4n) is 1.75. The number of hydrogen-bond acceptors (Lipinski definition) is 3. The summed E-state index contributed by atoms with van der Waals surface area (Å²) in [6.07, 6.45) is -0.153. The van der Waals surface area contributed by atoms with E-state index in [2.05, 4.69) is 5.32 Å². The van der Waals surface area contributed by atoms with Gasteiger partial charge in [0.1, 0.15) is 0 Å². The first-order valence-electron chi connectivity index (χ1n) is 6.24. The molecule has 1 aromatic rings. The highest BCUT2D eigenvalue weighted by atomic mass is 16.4. The van der Waals surface area contributed by atoms with Gasteiger partial charge >= 0.3 is 5.97 Å². The fourth-order valence-corrected chi connectivity index (χ4v) is 1.75. The molecule has 2 N–H and O–H groups in total. The summed E-state index contributed by atoms with van der Waals surface area (Å²) in [5, 5.41) is 11.2. The van der Waals surface area contributed by atoms with Gasteiger partial charge in [0.25, 0.3) is 0 Å². The largest absolute Gasteiger partial charge is 0.481 e. The molecule has 6 heteroatoms. The molecule has 108 valence electrons. The second kappa shape index (κ2) is 7.28. The van der Waals surface area contributed by atoms with Crippen molar-refractivity contribution in [3.63, 3.8) is 0 Å². The Kier molecular flexibility index (Phi) is 5.71. The van der Waals surface area contributed by atoms with Crippen molar-refractivity contribution in [3.8, 4) is 0 Å². The van der Waals surface area contributed by atoms with Gasteiger partial charge in [-0.3, -0.25) is 14.4 Å². The molecule has 0 atom stereocenters. The maximum Gasteiger partial charge on any atom is 0.305 e. The average molecular weight is 278 g/mol. The zero-order valence-corrected chi connectivity index (χ0v) is 11.5. The minimum Gasteiger partial charge on any atom is -0.481 e. The molecule has 2 amide bonds. The van der Waals surface area contributed by atoms with E-state index in [-0.39, 0.29) is 31.3 Å². The van der Waals surface area contributed by atoms with Crippen LogP contribution in [0.25, 0.3) is 0 Å². The molecule has 0 spiro atoms. The second-order valence-corrected chi connectivity index (χ2v) is 4.39. The third-order valence-electron chi connectivity index (χ3n) is 2.75. The van der Waals surface area contributed by atoms with E-state index in [0.717, 1.165) is 5.56 Å². The van der Waals surface area contributed by atoms with Crippen LogP contribution < -0.4 is 10.2 Å². The average Bonchev–Trinajstić information content (AvgIpc) is 2.38. The first-order chi connectivity index (χ1) is 9.41. The number of aryl methyl sites for hydroxylation is 1. The number of amides is 2. The predicted molar refractivity (Wildman–Crippen MR) is 74.5 cm³/mol. The van der Waals surface area contributed by atoms with Gasteiger partial charge in [0.15, 0.2) is 0 Å². The number of benzene rings is 1. The SMILES string of the molecule is CC(=O)NCC(=O)N(CCC(=O)O)c1ccccc1C. The zero-order chi connectivity index (χ0) is 15.1. The normalized spacial score (nSPS) is 9.90. The monoisotopic (exact) mass is 278 g/mol. The molecule has 0 heterocycles. The zero-order valence-electron chi connectivity index (χ0n) is 11.5. The first-order valence-corrected chi connectivity index (χ1v) is 6.24. The minimum absolute atomic E-state index is 0.0681. The molecule has 0 radical (unpaired) electrons. The summed E-state index contributed by atoms with van der Waals surface area (Å²) in [6, 6.07) is 7.21. The molecule has 0 aliphatic carbocycles. The Labute approximate surface area is 117 Å². The Morgan fingerprint density at radius 3 is 2.45 bits per heavy atom. The van der Waals surface area contributed by atoms with Crippen LogP contribution in [0.3, 0.4) is 0 Å². The van der Waals surface area contributed by atoms with E-state index in [9.17, 15) is 14.4 Å². The number of nitrogens with one attached hydrogen (secondary N) is 1. The van der Waals surface area contributed by atoms with Gasteiger partial charge in [-0.1, -0.05) is 18.2 Å². The Balaban J connectivity index is 2.90. The van der Waals surface area contributed by atoms with Crippen LogP contribution in [-0.2, 0) is 14.4 Å². The standard InChI is InChI=1S/C14H18N2O4/c1-10-5-3-4-6-12(10)16(8-7-14(19)20)13(18)9-15-11(2)17/h3-6H,7-9H2,1-2H3,(H,15,17)(H,19,20). The van der Waals surface area contributed by atoms with Gasteiger partial charge in [-0.15, -0.1) is 0 Å². The molecule has 6 nitrogen and oxygen atoms in total. The number of carbonyl (C=O) groups excluding carboxylic acids is 2. The van der Waals surface area contributed by atoms with Crippen LogP contribution in [0.4, 0.5) is 5.69 Å². The molecule has 0 bridgehead atoms. The second-order valence-electron chi connectivity index (χ2n) is 4.39. The molecule has 0 aliphatic heterocycles. The highest BCUT2D eigenvalue weighted by molar-refractivity contribution is 5.97. The lowest BCUT2D eigenvalue weighted by Gasteiger charge is -2.24. The van der Waals surface area contributed by atoms with Crippen molar-refractivity contribution >= 4 is 23.5 Å². The number of anilines is 1. The van der Waals surface area contributed by atoms with Crippen molar-refractivity contribution in [2.45, 2.75) is 20.3 Å². The maximum atomic E-state index is 12.1. The molecule has 20 heavy (non-hydrogen) atoms. The maximum absolute atomic E-state index is 12.1. The lowest BCUT2D eigenvalue weighted by molar-refractivity contribution is -0.136. The number of carbonyl (C=O) groups is 3. The van der Waals surface area contributed by atoms with Crippen molar-refractivity contribution in [2.75, 3.05) is 18.0 Å². The van der Waals surface area contributed by atoms with Crippen molar-refractivity contribution in [2.24, 2.45) is 0 Å². The molecule has 0 saturated heterocycles. The van der Waals surface area contributed by atoms with E-state index in [1.54, 1.807) is 12.1 Å². The van der Waals surface area contributed by atoms with Gasteiger partial charge in [0, 0.05) is 19.2 Å². The number of para-hydroxylation sites is 1. The Morgan fingerprint density at radius 1 is 1.25 bits per heavy atom. The molecular weight excluding hydrogens is 260 g/mol. The van der Waals surface area contributed by atoms with Crippen LogP contribution >= 0.6 is 0 Å². The summed E-state index contributed by atoms with van der Waals surface area (Å²) in [5.41, 5.74) is 1.53. The Morgan fingerprint density at radius 2 is 1.90 bits per heavy atom. The summed E-state index contributed by atoms with van der Waals surface area (Å²) in [6.45, 7) is 3.08. The third kappa shape index (κ3) is 4.72. The number of nitrogens with zero attached hydrogens (tertiary/aromatic N) is 1. The lowest BCUT2D eigenvalue weighted by atomic mass is 10.1. The van der Waals surface area contributed by atoms with Gasteiger partial charge in [-0.25, -0.2) is 0 Å². The van der Waals surface area contributed by atoms with Crippen LogP contribution in [0, 0.1) is 6.92 Å². The molecule has 0 fully saturated rings. The van der Waals surface area contributed by atoms with Crippen LogP contribution in [0.2, 0.25) is 0 Å². The van der Waals surface area contributed by atoms with Crippen molar-refractivity contribution in [1.82, 2.24) is 5.32 Å². The van der Waals surface area contributed by atoms with E-state index in [1.165, 1.54) is 11.8 Å². The smallest absolute Gasteiger partial charge is 0.305 e. The topological polar surface area (TPSA) is 86.7 Å². The molecule has 1 rings (SSSR count). The van der Waals surface area contributed by atoms with Gasteiger partial charge < -0.3 is 15.3 Å². The number of rotatable bonds is 6. The van der Waals surface area contributed by atoms with Crippen molar-refractivity contribution < 1.29 is 19.5 Å². The number of carboxylic acid groups (broad SMARTS) is 1. The van der Waals surface area contributed by atoms with Gasteiger partial charge in [-0.2, -0.15) is 0 Å². The lowest BCUT2D eigenvalue weighted by Crippen LogP contribution is -2.41. The minimum atomic E-state index is -0.976. The number of carboxylic acids is 1. The molecule has 0 unspecified atom stereocenters. The van der Waals surface area contributed by atoms with E-state index in [4.69, 9.17) is 5.11 Å². The third-order valence-corrected chi connectivity index (χ3v) is 2.75. The van der Waals surface area contributed by atoms with E-state index in [1.807, 2.05) is 19.1 Å². The van der Waals surface area contributed by atoms with E-state index >= 15 is 0 Å². The predicted octanol–water partition coefficient (Wildman–Crippen LogP) is 0.939. The van der Waals surface area contributed by atoms with Gasteiger partial charge in [-0.05, 0) is 18.6 Å². The Hall–Kier alpha value is -2.37. The molecule has 0 saturated carbocycles.